The van der Waals surface area contributed by atoms with E-state index in [0.717, 1.165) is 0 Å². The molecule has 0 saturated carbocycles. The molecule has 0 bridgehead atoms. The average molecular weight is 399 g/mol. The Morgan fingerprint density at radius 1 is 0.897 bits per heavy atom. The second-order valence-electron chi connectivity index (χ2n) is 6.25. The minimum Gasteiger partial charge on any atom is -0.496 e. The Kier molecular flexibility index (Phi) is 7.65. The molecular weight excluding hydrogens is 374 g/mol. The molecule has 29 heavy (non-hydrogen) atoms. The lowest BCUT2D eigenvalue weighted by Gasteiger charge is -2.12. The van der Waals surface area contributed by atoms with Crippen molar-refractivity contribution in [2.24, 2.45) is 0 Å². The zero-order valence-corrected chi connectivity index (χ0v) is 17.2. The van der Waals surface area contributed by atoms with E-state index >= 15 is 0 Å². The number of hydrogen-bond acceptors (Lipinski definition) is 6. The van der Waals surface area contributed by atoms with Crippen LogP contribution in [0.3, 0.4) is 0 Å². The van der Waals surface area contributed by atoms with Gasteiger partial charge in [-0.1, -0.05) is 0 Å². The highest BCUT2D eigenvalue weighted by atomic mass is 16.5. The molecule has 2 aromatic carbocycles. The van der Waals surface area contributed by atoms with Crippen molar-refractivity contribution in [1.82, 2.24) is 4.90 Å². The van der Waals surface area contributed by atoms with Gasteiger partial charge < -0.3 is 23.8 Å². The van der Waals surface area contributed by atoms with E-state index in [2.05, 4.69) is 0 Å². The van der Waals surface area contributed by atoms with E-state index in [0.29, 0.717) is 34.1 Å². The van der Waals surface area contributed by atoms with E-state index in [4.69, 9.17) is 18.9 Å². The topological polar surface area (TPSA) is 74.3 Å². The van der Waals surface area contributed by atoms with E-state index in [-0.39, 0.29) is 18.3 Å². The van der Waals surface area contributed by atoms with Gasteiger partial charge >= 0.3 is 0 Å². The van der Waals surface area contributed by atoms with Crippen LogP contribution in [-0.2, 0) is 4.79 Å². The molecule has 7 nitrogen and oxygen atoms in total. The molecule has 7 heteroatoms. The number of benzene rings is 2. The minimum absolute atomic E-state index is 0.0563. The molecule has 0 N–H and O–H groups in total. The highest BCUT2D eigenvalue weighted by molar-refractivity contribution is 6.07. The monoisotopic (exact) mass is 399 g/mol. The molecule has 0 saturated heterocycles. The van der Waals surface area contributed by atoms with Crippen molar-refractivity contribution in [3.05, 3.63) is 53.6 Å². The lowest BCUT2D eigenvalue weighted by molar-refractivity contribution is -0.130. The van der Waals surface area contributed by atoms with Crippen LogP contribution in [0.1, 0.15) is 15.9 Å². The van der Waals surface area contributed by atoms with Gasteiger partial charge in [-0.3, -0.25) is 9.59 Å². The van der Waals surface area contributed by atoms with E-state index in [1.54, 1.807) is 77.9 Å². The third-order valence-electron chi connectivity index (χ3n) is 4.15. The Balaban J connectivity index is 2.12. The quantitative estimate of drug-likeness (QED) is 0.477. The van der Waals surface area contributed by atoms with Crippen LogP contribution in [0.25, 0.3) is 6.08 Å². The van der Waals surface area contributed by atoms with Gasteiger partial charge in [0, 0.05) is 31.3 Å². The Morgan fingerprint density at radius 3 is 2.03 bits per heavy atom. The van der Waals surface area contributed by atoms with Gasteiger partial charge in [0.2, 0.25) is 0 Å². The van der Waals surface area contributed by atoms with Crippen molar-refractivity contribution in [2.45, 2.75) is 0 Å². The Labute approximate surface area is 170 Å². The number of ketones is 1. The second kappa shape index (κ2) is 10.2. The molecule has 0 spiro atoms. The first-order valence-corrected chi connectivity index (χ1v) is 8.85. The molecule has 0 aromatic heterocycles. The van der Waals surface area contributed by atoms with Gasteiger partial charge in [0.05, 0.1) is 21.3 Å². The predicted molar refractivity (Wildman–Crippen MR) is 110 cm³/mol. The summed E-state index contributed by atoms with van der Waals surface area (Å²) >= 11 is 0. The minimum atomic E-state index is -0.183. The fraction of sp³-hybridized carbons (Fsp3) is 0.273. The maximum Gasteiger partial charge on any atom is 0.259 e. The smallest absolute Gasteiger partial charge is 0.259 e. The van der Waals surface area contributed by atoms with Crippen molar-refractivity contribution >= 4 is 17.8 Å². The Bertz CT molecular complexity index is 887. The number of ether oxygens (including phenoxy) is 4. The summed E-state index contributed by atoms with van der Waals surface area (Å²) in [5, 5.41) is 0. The van der Waals surface area contributed by atoms with E-state index in [1.807, 2.05) is 0 Å². The first-order valence-electron chi connectivity index (χ1n) is 8.85. The first kappa shape index (κ1) is 21.8. The van der Waals surface area contributed by atoms with Gasteiger partial charge in [-0.2, -0.15) is 0 Å². The Morgan fingerprint density at radius 2 is 1.48 bits per heavy atom. The molecule has 0 aliphatic carbocycles. The third kappa shape index (κ3) is 5.75. The fourth-order valence-electron chi connectivity index (χ4n) is 2.43. The molecule has 0 radical (unpaired) electrons. The van der Waals surface area contributed by atoms with Gasteiger partial charge in [-0.25, -0.2) is 0 Å². The SMILES string of the molecule is COc1cc(OC)c(OC)cc1/C=C/C(=O)c1ccc(OCC(=O)N(C)C)cc1. The van der Waals surface area contributed by atoms with E-state index < -0.39 is 0 Å². The second-order valence-corrected chi connectivity index (χ2v) is 6.25. The van der Waals surface area contributed by atoms with E-state index in [1.165, 1.54) is 11.0 Å². The molecule has 0 aliphatic heterocycles. The molecule has 0 fully saturated rings. The number of rotatable bonds is 9. The zero-order valence-electron chi connectivity index (χ0n) is 17.2. The third-order valence-corrected chi connectivity index (χ3v) is 4.15. The predicted octanol–water partition coefficient (Wildman–Crippen LogP) is 3.08. The molecule has 2 rings (SSSR count). The maximum atomic E-state index is 12.5. The number of likely N-dealkylation sites (N-methyl/N-ethyl adjacent to an activating group) is 1. The number of nitrogens with zero attached hydrogens (tertiary/aromatic N) is 1. The number of hydrogen-bond donors (Lipinski definition) is 0. The number of amides is 1. The highest BCUT2D eigenvalue weighted by Crippen LogP contribution is 2.35. The molecule has 1 amide bonds. The van der Waals surface area contributed by atoms with Crippen LogP contribution in [0.2, 0.25) is 0 Å². The van der Waals surface area contributed by atoms with Crippen molar-refractivity contribution in [3.63, 3.8) is 0 Å². The molecular formula is C22H25NO6. The normalized spacial score (nSPS) is 10.5. The van der Waals surface area contributed by atoms with Gasteiger partial charge in [0.1, 0.15) is 11.5 Å². The summed E-state index contributed by atoms with van der Waals surface area (Å²) < 4.78 is 21.3. The van der Waals surface area contributed by atoms with Gasteiger partial charge in [-0.15, -0.1) is 0 Å². The summed E-state index contributed by atoms with van der Waals surface area (Å²) in [6, 6.07) is 10.0. The van der Waals surface area contributed by atoms with Crippen molar-refractivity contribution < 1.29 is 28.5 Å². The van der Waals surface area contributed by atoms with Crippen LogP contribution in [0.15, 0.2) is 42.5 Å². The summed E-state index contributed by atoms with van der Waals surface area (Å²) in [4.78, 5) is 25.5. The highest BCUT2D eigenvalue weighted by Gasteiger charge is 2.11. The van der Waals surface area contributed by atoms with Gasteiger partial charge in [0.25, 0.3) is 5.91 Å². The van der Waals surface area contributed by atoms with Crippen LogP contribution in [0.5, 0.6) is 23.0 Å². The van der Waals surface area contributed by atoms with Gasteiger partial charge in [0.15, 0.2) is 23.9 Å². The summed E-state index contributed by atoms with van der Waals surface area (Å²) in [6.45, 7) is -0.0563. The first-order chi connectivity index (χ1) is 13.9. The fourth-order valence-corrected chi connectivity index (χ4v) is 2.43. The molecule has 0 atom stereocenters. The lowest BCUT2D eigenvalue weighted by atomic mass is 10.1. The summed E-state index contributed by atoms with van der Waals surface area (Å²) in [7, 11) is 7.94. The maximum absolute atomic E-state index is 12.5. The summed E-state index contributed by atoms with van der Waals surface area (Å²) in [5.74, 6) is 1.82. The van der Waals surface area contributed by atoms with Crippen molar-refractivity contribution in [3.8, 4) is 23.0 Å². The lowest BCUT2D eigenvalue weighted by Crippen LogP contribution is -2.27. The van der Waals surface area contributed by atoms with Crippen LogP contribution in [0, 0.1) is 0 Å². The summed E-state index contributed by atoms with van der Waals surface area (Å²) in [5.41, 5.74) is 1.17. The molecule has 0 heterocycles. The number of allylic oxidation sites excluding steroid dienone is 1. The van der Waals surface area contributed by atoms with Crippen LogP contribution < -0.4 is 18.9 Å². The molecule has 154 valence electrons. The van der Waals surface area contributed by atoms with Crippen molar-refractivity contribution in [2.75, 3.05) is 42.0 Å². The average Bonchev–Trinajstić information content (AvgIpc) is 2.75. The molecule has 0 aliphatic rings. The van der Waals surface area contributed by atoms with Crippen molar-refractivity contribution in [1.29, 1.82) is 0 Å². The van der Waals surface area contributed by atoms with Crippen LogP contribution in [0.4, 0.5) is 0 Å². The van der Waals surface area contributed by atoms with E-state index in [9.17, 15) is 9.59 Å². The molecule has 2 aromatic rings. The van der Waals surface area contributed by atoms with Gasteiger partial charge in [-0.05, 0) is 42.5 Å². The van der Waals surface area contributed by atoms with Crippen LogP contribution in [-0.4, -0.2) is 58.6 Å². The number of carbonyl (C=O) groups is 2. The Hall–Kier alpha value is -3.48. The summed E-state index contributed by atoms with van der Waals surface area (Å²) in [6.07, 6.45) is 3.11. The standard InChI is InChI=1S/C22H25NO6/c1-23(2)22(25)14-29-17-9-6-15(7-10-17)18(24)11-8-16-12-20(27-4)21(28-5)13-19(16)26-3/h6-13H,14H2,1-5H3/b11-8+. The number of carbonyl (C=O) groups excluding carboxylic acids is 2. The molecule has 0 unspecified atom stereocenters. The number of methoxy groups -OCH3 is 3. The largest absolute Gasteiger partial charge is 0.496 e. The zero-order chi connectivity index (χ0) is 21.4. The van der Waals surface area contributed by atoms with Crippen LogP contribution >= 0.6 is 0 Å².